The number of hydrogen-bond acceptors (Lipinski definition) is 5. The van der Waals surface area contributed by atoms with Gasteiger partial charge in [-0.1, -0.05) is 6.42 Å². The predicted octanol–water partition coefficient (Wildman–Crippen LogP) is 2.95. The first-order chi connectivity index (χ1) is 8.29. The van der Waals surface area contributed by atoms with E-state index < -0.39 is 0 Å². The Kier molecular flexibility index (Phi) is 4.91. The fraction of sp³-hybridized carbons (Fsp3) is 0.636. The Morgan fingerprint density at radius 3 is 3.18 bits per heavy atom. The third-order valence-corrected chi connectivity index (χ3v) is 4.61. The number of halogens is 1. The second-order valence-electron chi connectivity index (χ2n) is 3.92. The molecule has 94 valence electrons. The highest BCUT2D eigenvalue weighted by molar-refractivity contribution is 9.10. The van der Waals surface area contributed by atoms with Crippen molar-refractivity contribution in [3.8, 4) is 5.88 Å². The lowest BCUT2D eigenvalue weighted by molar-refractivity contribution is 0.394. The summed E-state index contributed by atoms with van der Waals surface area (Å²) >= 11 is 5.37. The van der Waals surface area contributed by atoms with E-state index in [4.69, 9.17) is 4.74 Å². The van der Waals surface area contributed by atoms with E-state index >= 15 is 0 Å². The number of nitrogens with one attached hydrogen (secondary N) is 1. The fourth-order valence-corrected chi connectivity index (χ4v) is 3.34. The normalized spacial score (nSPS) is 20.0. The maximum Gasteiger partial charge on any atom is 0.232 e. The summed E-state index contributed by atoms with van der Waals surface area (Å²) in [7, 11) is 1.61. The summed E-state index contributed by atoms with van der Waals surface area (Å²) in [5.74, 6) is 2.48. The lowest BCUT2D eigenvalue weighted by atomic mass is 10.2. The minimum Gasteiger partial charge on any atom is -0.480 e. The Hall–Kier alpha value is -0.490. The minimum atomic E-state index is 0.568. The van der Waals surface area contributed by atoms with Gasteiger partial charge in [-0.25, -0.2) is 4.98 Å². The van der Waals surface area contributed by atoms with Gasteiger partial charge in [-0.05, 0) is 34.5 Å². The van der Waals surface area contributed by atoms with Crippen LogP contribution in [0.1, 0.15) is 19.3 Å². The average molecular weight is 318 g/mol. The molecule has 1 atom stereocenters. The molecule has 1 aromatic heterocycles. The number of aromatic nitrogens is 2. The second kappa shape index (κ2) is 6.44. The monoisotopic (exact) mass is 317 g/mol. The zero-order valence-electron chi connectivity index (χ0n) is 9.78. The number of rotatable bonds is 4. The minimum absolute atomic E-state index is 0.568. The van der Waals surface area contributed by atoms with E-state index in [1.807, 2.05) is 11.8 Å². The summed E-state index contributed by atoms with van der Waals surface area (Å²) < 4.78 is 5.91. The first kappa shape index (κ1) is 13.0. The zero-order valence-corrected chi connectivity index (χ0v) is 12.2. The Bertz CT molecular complexity index is 372. The topological polar surface area (TPSA) is 47.0 Å². The zero-order chi connectivity index (χ0) is 12.1. The van der Waals surface area contributed by atoms with Crippen molar-refractivity contribution >= 4 is 33.6 Å². The number of nitrogens with zero attached hydrogens (tertiary/aromatic N) is 2. The molecule has 1 unspecified atom stereocenters. The molecule has 0 amide bonds. The molecule has 2 rings (SSSR count). The Balaban J connectivity index is 1.89. The molecule has 0 bridgehead atoms. The molecule has 0 saturated carbocycles. The highest BCUT2D eigenvalue weighted by Gasteiger charge is 2.14. The van der Waals surface area contributed by atoms with Crippen LogP contribution in [-0.2, 0) is 0 Å². The van der Waals surface area contributed by atoms with Crippen LogP contribution in [0.2, 0.25) is 0 Å². The predicted molar refractivity (Wildman–Crippen MR) is 74.9 cm³/mol. The quantitative estimate of drug-likeness (QED) is 0.925. The van der Waals surface area contributed by atoms with Gasteiger partial charge >= 0.3 is 0 Å². The molecule has 1 fully saturated rings. The lowest BCUT2D eigenvalue weighted by Gasteiger charge is -2.21. The fourth-order valence-electron chi connectivity index (χ4n) is 1.75. The number of methoxy groups -OCH3 is 1. The van der Waals surface area contributed by atoms with Crippen LogP contribution in [0.3, 0.4) is 0 Å². The number of anilines is 1. The third-order valence-electron chi connectivity index (χ3n) is 2.67. The summed E-state index contributed by atoms with van der Waals surface area (Å²) in [6.07, 6.45) is 5.68. The van der Waals surface area contributed by atoms with Crippen molar-refractivity contribution in [3.63, 3.8) is 0 Å². The maximum atomic E-state index is 5.13. The van der Waals surface area contributed by atoms with E-state index in [1.165, 1.54) is 25.0 Å². The van der Waals surface area contributed by atoms with E-state index in [0.717, 1.165) is 11.0 Å². The van der Waals surface area contributed by atoms with E-state index in [-0.39, 0.29) is 0 Å². The van der Waals surface area contributed by atoms with Crippen LogP contribution in [0.25, 0.3) is 0 Å². The maximum absolute atomic E-state index is 5.13. The number of thioether (sulfide) groups is 1. The number of hydrogen-bond donors (Lipinski definition) is 1. The van der Waals surface area contributed by atoms with Crippen molar-refractivity contribution in [2.24, 2.45) is 0 Å². The molecule has 17 heavy (non-hydrogen) atoms. The average Bonchev–Trinajstić information content (AvgIpc) is 2.39. The number of ether oxygens (including phenoxy) is 1. The van der Waals surface area contributed by atoms with E-state index in [2.05, 4.69) is 31.2 Å². The molecule has 0 aromatic carbocycles. The van der Waals surface area contributed by atoms with Crippen LogP contribution in [0.5, 0.6) is 5.88 Å². The van der Waals surface area contributed by atoms with Crippen LogP contribution < -0.4 is 10.1 Å². The first-order valence-corrected chi connectivity index (χ1v) is 7.56. The van der Waals surface area contributed by atoms with Gasteiger partial charge in [0.15, 0.2) is 0 Å². The summed E-state index contributed by atoms with van der Waals surface area (Å²) in [6.45, 7) is 0.926. The Morgan fingerprint density at radius 1 is 1.59 bits per heavy atom. The highest BCUT2D eigenvalue weighted by atomic mass is 79.9. The molecule has 1 aliphatic rings. The van der Waals surface area contributed by atoms with Crippen molar-refractivity contribution in [2.45, 2.75) is 24.5 Å². The second-order valence-corrected chi connectivity index (χ2v) is 6.18. The van der Waals surface area contributed by atoms with Gasteiger partial charge in [0, 0.05) is 11.8 Å². The molecule has 0 spiro atoms. The van der Waals surface area contributed by atoms with Crippen LogP contribution in [0.15, 0.2) is 10.7 Å². The van der Waals surface area contributed by atoms with Gasteiger partial charge in [0.1, 0.15) is 0 Å². The molecule has 0 radical (unpaired) electrons. The Morgan fingerprint density at radius 2 is 2.47 bits per heavy atom. The van der Waals surface area contributed by atoms with Gasteiger partial charge in [0.25, 0.3) is 0 Å². The molecule has 6 heteroatoms. The standard InChI is InChI=1S/C11H16BrN3OS/c1-16-10-9(12)7-14-11(15-10)13-6-8-4-2-3-5-17-8/h7-8H,2-6H2,1H3,(H,13,14,15). The molecule has 1 aromatic rings. The van der Waals surface area contributed by atoms with Crippen LogP contribution in [-0.4, -0.2) is 34.6 Å². The van der Waals surface area contributed by atoms with Gasteiger partial charge in [-0.15, -0.1) is 0 Å². The first-order valence-electron chi connectivity index (χ1n) is 5.71. The Labute approximate surface area is 114 Å². The molecule has 1 N–H and O–H groups in total. The van der Waals surface area contributed by atoms with Crippen molar-refractivity contribution in [1.82, 2.24) is 9.97 Å². The third kappa shape index (κ3) is 3.74. The summed E-state index contributed by atoms with van der Waals surface area (Å²) in [5.41, 5.74) is 0. The molecule has 4 nitrogen and oxygen atoms in total. The summed E-state index contributed by atoms with van der Waals surface area (Å²) in [5, 5.41) is 3.95. The molecule has 2 heterocycles. The molecule has 1 aliphatic heterocycles. The van der Waals surface area contributed by atoms with Gasteiger partial charge in [0.05, 0.1) is 17.8 Å². The molecular weight excluding hydrogens is 302 g/mol. The van der Waals surface area contributed by atoms with Gasteiger partial charge in [-0.2, -0.15) is 16.7 Å². The van der Waals surface area contributed by atoms with E-state index in [9.17, 15) is 0 Å². The van der Waals surface area contributed by atoms with Crippen LogP contribution >= 0.6 is 27.7 Å². The SMILES string of the molecule is COc1nc(NCC2CCCCS2)ncc1Br. The van der Waals surface area contributed by atoms with Crippen LogP contribution in [0.4, 0.5) is 5.95 Å². The van der Waals surface area contributed by atoms with E-state index in [1.54, 1.807) is 13.3 Å². The largest absolute Gasteiger partial charge is 0.480 e. The molecule has 1 saturated heterocycles. The lowest BCUT2D eigenvalue weighted by Crippen LogP contribution is -2.21. The van der Waals surface area contributed by atoms with Gasteiger partial charge in [-0.3, -0.25) is 0 Å². The molecule has 0 aliphatic carbocycles. The van der Waals surface area contributed by atoms with Gasteiger partial charge < -0.3 is 10.1 Å². The molecular formula is C11H16BrN3OS. The van der Waals surface area contributed by atoms with Crippen LogP contribution in [0, 0.1) is 0 Å². The summed E-state index contributed by atoms with van der Waals surface area (Å²) in [4.78, 5) is 8.49. The van der Waals surface area contributed by atoms with Crippen molar-refractivity contribution in [3.05, 3.63) is 10.7 Å². The van der Waals surface area contributed by atoms with Crippen molar-refractivity contribution in [1.29, 1.82) is 0 Å². The summed E-state index contributed by atoms with van der Waals surface area (Å²) in [6, 6.07) is 0. The van der Waals surface area contributed by atoms with Gasteiger partial charge in [0.2, 0.25) is 11.8 Å². The highest BCUT2D eigenvalue weighted by Crippen LogP contribution is 2.26. The smallest absolute Gasteiger partial charge is 0.232 e. The van der Waals surface area contributed by atoms with Crippen molar-refractivity contribution in [2.75, 3.05) is 24.7 Å². The van der Waals surface area contributed by atoms with E-state index in [0.29, 0.717) is 17.1 Å². The van der Waals surface area contributed by atoms with Crippen molar-refractivity contribution < 1.29 is 4.74 Å².